The first-order valence-electron chi connectivity index (χ1n) is 6.66. The molecule has 0 N–H and O–H groups in total. The van der Waals surface area contributed by atoms with Crippen LogP contribution in [0.5, 0.6) is 0 Å². The molecule has 1 aliphatic carbocycles. The minimum absolute atomic E-state index is 0.469. The van der Waals surface area contributed by atoms with Gasteiger partial charge in [-0.15, -0.1) is 0 Å². The molecular weight excluding hydrogens is 182 g/mol. The van der Waals surface area contributed by atoms with E-state index in [1.165, 1.54) is 51.6 Å². The molecule has 0 bridgehead atoms. The van der Waals surface area contributed by atoms with Gasteiger partial charge in [-0.25, -0.2) is 0 Å². The number of hydrogen-bond acceptors (Lipinski definition) is 1. The number of piperidine rings is 1. The Morgan fingerprint density at radius 1 is 1.27 bits per heavy atom. The number of rotatable bonds is 0. The van der Waals surface area contributed by atoms with Gasteiger partial charge in [0.1, 0.15) is 0 Å². The average Bonchev–Trinajstić information content (AvgIpc) is 2.68. The van der Waals surface area contributed by atoms with E-state index in [0.717, 1.165) is 5.92 Å². The highest BCUT2D eigenvalue weighted by molar-refractivity contribution is 5.33. The molecule has 2 aliphatic heterocycles. The lowest BCUT2D eigenvalue weighted by atomic mass is 9.75. The molecule has 1 fully saturated rings. The molecule has 0 unspecified atom stereocenters. The lowest BCUT2D eigenvalue weighted by molar-refractivity contribution is 0.0538. The van der Waals surface area contributed by atoms with Gasteiger partial charge >= 0.3 is 0 Å². The molecule has 0 aromatic carbocycles. The monoisotopic (exact) mass is 205 g/mol. The van der Waals surface area contributed by atoms with Crippen molar-refractivity contribution >= 4 is 0 Å². The average molecular weight is 205 g/mol. The summed E-state index contributed by atoms with van der Waals surface area (Å²) in [6.45, 7) is 7.60. The van der Waals surface area contributed by atoms with Gasteiger partial charge in [0.05, 0.1) is 0 Å². The van der Waals surface area contributed by atoms with Crippen LogP contribution in [0.25, 0.3) is 0 Å². The van der Waals surface area contributed by atoms with Crippen LogP contribution >= 0.6 is 0 Å². The van der Waals surface area contributed by atoms with Gasteiger partial charge in [0.2, 0.25) is 0 Å². The van der Waals surface area contributed by atoms with Crippen molar-refractivity contribution < 1.29 is 0 Å². The lowest BCUT2D eigenvalue weighted by Crippen LogP contribution is -2.55. The van der Waals surface area contributed by atoms with Gasteiger partial charge in [-0.2, -0.15) is 0 Å². The van der Waals surface area contributed by atoms with Crippen LogP contribution in [-0.4, -0.2) is 23.5 Å². The summed E-state index contributed by atoms with van der Waals surface area (Å²) in [6.07, 6.45) is 8.46. The lowest BCUT2D eigenvalue weighted by Gasteiger charge is -2.51. The number of hydrogen-bond donors (Lipinski definition) is 0. The maximum Gasteiger partial charge on any atom is 0.0395 e. The minimum Gasteiger partial charge on any atom is -0.294 e. The zero-order valence-electron chi connectivity index (χ0n) is 10.2. The van der Waals surface area contributed by atoms with Crippen molar-refractivity contribution in [1.29, 1.82) is 0 Å². The molecular formula is C14H23N. The van der Waals surface area contributed by atoms with Crippen molar-refractivity contribution in [3.05, 3.63) is 11.1 Å². The van der Waals surface area contributed by atoms with Crippen LogP contribution in [-0.2, 0) is 0 Å². The van der Waals surface area contributed by atoms with E-state index in [-0.39, 0.29) is 0 Å². The van der Waals surface area contributed by atoms with Gasteiger partial charge in [0.25, 0.3) is 0 Å². The van der Waals surface area contributed by atoms with Crippen LogP contribution in [0.1, 0.15) is 52.4 Å². The maximum absolute atomic E-state index is 2.78. The van der Waals surface area contributed by atoms with Gasteiger partial charge in [0, 0.05) is 18.6 Å². The summed E-state index contributed by atoms with van der Waals surface area (Å²) in [5.41, 5.74) is 4.15. The fourth-order valence-corrected chi connectivity index (χ4v) is 4.04. The summed E-state index contributed by atoms with van der Waals surface area (Å²) < 4.78 is 0. The summed E-state index contributed by atoms with van der Waals surface area (Å²) in [6, 6.07) is 0. The minimum atomic E-state index is 0.469. The topological polar surface area (TPSA) is 3.24 Å². The summed E-state index contributed by atoms with van der Waals surface area (Å²) in [5, 5.41) is 0. The second-order valence-corrected chi connectivity index (χ2v) is 6.05. The van der Waals surface area contributed by atoms with Crippen LogP contribution in [0.4, 0.5) is 0 Å². The molecule has 3 aliphatic rings. The summed E-state index contributed by atoms with van der Waals surface area (Å²) in [7, 11) is 0. The van der Waals surface area contributed by atoms with E-state index in [9.17, 15) is 0 Å². The van der Waals surface area contributed by atoms with E-state index >= 15 is 0 Å². The predicted octanol–water partition coefficient (Wildman–Crippen LogP) is 3.36. The van der Waals surface area contributed by atoms with Gasteiger partial charge in [-0.05, 0) is 51.4 Å². The smallest absolute Gasteiger partial charge is 0.0395 e. The molecule has 2 heterocycles. The summed E-state index contributed by atoms with van der Waals surface area (Å²) in [5.74, 6) is 0.918. The molecule has 0 saturated carbocycles. The molecule has 0 radical (unpaired) electrons. The summed E-state index contributed by atoms with van der Waals surface area (Å²) in [4.78, 5) is 2.78. The molecule has 0 amide bonds. The fraction of sp³-hybridized carbons (Fsp3) is 0.857. The Morgan fingerprint density at radius 3 is 3.00 bits per heavy atom. The highest BCUT2D eigenvalue weighted by Gasteiger charge is 2.43. The van der Waals surface area contributed by atoms with Crippen molar-refractivity contribution in [1.82, 2.24) is 4.90 Å². The third kappa shape index (κ3) is 1.39. The van der Waals surface area contributed by atoms with Crippen molar-refractivity contribution in [3.8, 4) is 0 Å². The predicted molar refractivity (Wildman–Crippen MR) is 63.9 cm³/mol. The first-order valence-corrected chi connectivity index (χ1v) is 6.66. The standard InChI is InChI=1S/C14H23N/c1-11-6-8-14(2)13-5-3-4-12(13)7-9-15(14)10-11/h11H,3-10H2,1-2H3/t11-,14+/m1/s1. The molecule has 1 saturated heterocycles. The van der Waals surface area contributed by atoms with E-state index in [0.29, 0.717) is 5.54 Å². The maximum atomic E-state index is 2.78. The SMILES string of the molecule is C[C@@H]1CC[C@@]2(C)C3=C(CCC3)CCN2C1. The Kier molecular flexibility index (Phi) is 2.21. The molecule has 1 heteroatoms. The number of fused-ring (bicyclic) bond motifs is 2. The van der Waals surface area contributed by atoms with Gasteiger partial charge < -0.3 is 0 Å². The van der Waals surface area contributed by atoms with Crippen LogP contribution in [0.3, 0.4) is 0 Å². The highest BCUT2D eigenvalue weighted by atomic mass is 15.2. The molecule has 84 valence electrons. The van der Waals surface area contributed by atoms with E-state index in [1.54, 1.807) is 0 Å². The van der Waals surface area contributed by atoms with E-state index < -0.39 is 0 Å². The zero-order valence-corrected chi connectivity index (χ0v) is 10.2. The Bertz CT molecular complexity index is 304. The summed E-state index contributed by atoms with van der Waals surface area (Å²) >= 11 is 0. The van der Waals surface area contributed by atoms with Crippen LogP contribution < -0.4 is 0 Å². The quantitative estimate of drug-likeness (QED) is 0.548. The zero-order chi connectivity index (χ0) is 10.5. The molecule has 15 heavy (non-hydrogen) atoms. The Morgan fingerprint density at radius 2 is 2.13 bits per heavy atom. The third-order valence-electron chi connectivity index (χ3n) is 5.02. The Balaban J connectivity index is 1.94. The van der Waals surface area contributed by atoms with Crippen LogP contribution in [0, 0.1) is 5.92 Å². The highest BCUT2D eigenvalue weighted by Crippen LogP contribution is 2.47. The molecule has 2 atom stereocenters. The largest absolute Gasteiger partial charge is 0.294 e. The van der Waals surface area contributed by atoms with E-state index in [4.69, 9.17) is 0 Å². The van der Waals surface area contributed by atoms with Crippen molar-refractivity contribution in [2.24, 2.45) is 5.92 Å². The normalized spacial score (nSPS) is 41.6. The number of nitrogens with zero attached hydrogens (tertiary/aromatic N) is 1. The molecule has 1 nitrogen and oxygen atoms in total. The molecule has 0 spiro atoms. The van der Waals surface area contributed by atoms with E-state index in [2.05, 4.69) is 18.7 Å². The third-order valence-corrected chi connectivity index (χ3v) is 5.02. The van der Waals surface area contributed by atoms with Crippen molar-refractivity contribution in [2.45, 2.75) is 57.9 Å². The molecule has 0 aromatic rings. The molecule has 0 aromatic heterocycles. The van der Waals surface area contributed by atoms with Gasteiger partial charge in [-0.1, -0.05) is 18.1 Å². The first-order chi connectivity index (χ1) is 7.20. The molecule has 3 rings (SSSR count). The van der Waals surface area contributed by atoms with Crippen molar-refractivity contribution in [3.63, 3.8) is 0 Å². The van der Waals surface area contributed by atoms with E-state index in [1.807, 2.05) is 11.1 Å². The fourth-order valence-electron chi connectivity index (χ4n) is 4.04. The Labute approximate surface area is 93.5 Å². The second kappa shape index (κ2) is 3.35. The van der Waals surface area contributed by atoms with Gasteiger partial charge in [0.15, 0.2) is 0 Å². The van der Waals surface area contributed by atoms with Crippen LogP contribution in [0.2, 0.25) is 0 Å². The second-order valence-electron chi connectivity index (χ2n) is 6.05. The van der Waals surface area contributed by atoms with Gasteiger partial charge in [-0.3, -0.25) is 4.90 Å². The Hall–Kier alpha value is -0.300. The van der Waals surface area contributed by atoms with Crippen LogP contribution in [0.15, 0.2) is 11.1 Å². The van der Waals surface area contributed by atoms with Crippen molar-refractivity contribution in [2.75, 3.05) is 13.1 Å². The first kappa shape index (κ1) is 9.89.